The van der Waals surface area contributed by atoms with E-state index < -0.39 is 0 Å². The van der Waals surface area contributed by atoms with Crippen LogP contribution in [0.25, 0.3) is 0 Å². The van der Waals surface area contributed by atoms with E-state index in [2.05, 4.69) is 24.8 Å². The highest BCUT2D eigenvalue weighted by molar-refractivity contribution is 5.09. The Balaban J connectivity index is 1.91. The lowest BCUT2D eigenvalue weighted by Gasteiger charge is -2.37. The van der Waals surface area contributed by atoms with Crippen molar-refractivity contribution >= 4 is 0 Å². The molecule has 3 atom stereocenters. The van der Waals surface area contributed by atoms with Gasteiger partial charge in [0.2, 0.25) is 0 Å². The molecule has 1 saturated heterocycles. The van der Waals surface area contributed by atoms with Crippen LogP contribution in [-0.2, 0) is 4.74 Å². The fraction of sp³-hybridized carbons (Fsp3) is 0.857. The molecule has 0 spiro atoms. The molecule has 0 aromatic carbocycles. The van der Waals surface area contributed by atoms with Gasteiger partial charge in [0.05, 0.1) is 19.3 Å². The normalized spacial score (nSPS) is 35.7. The van der Waals surface area contributed by atoms with E-state index in [9.17, 15) is 0 Å². The molecule has 1 heterocycles. The Hall–Kier alpha value is -0.380. The van der Waals surface area contributed by atoms with Gasteiger partial charge < -0.3 is 9.84 Å². The van der Waals surface area contributed by atoms with Crippen molar-refractivity contribution in [2.75, 3.05) is 32.8 Å². The van der Waals surface area contributed by atoms with Gasteiger partial charge in [-0.05, 0) is 31.6 Å². The molecular formula is C14H25NO2. The summed E-state index contributed by atoms with van der Waals surface area (Å²) in [6.45, 7) is 8.55. The van der Waals surface area contributed by atoms with E-state index in [0.29, 0.717) is 5.92 Å². The third-order valence-electron chi connectivity index (χ3n) is 4.24. The van der Waals surface area contributed by atoms with Crippen LogP contribution >= 0.6 is 0 Å². The molecule has 0 radical (unpaired) electrons. The van der Waals surface area contributed by atoms with Crippen LogP contribution in [0.1, 0.15) is 26.7 Å². The number of nitrogens with zero attached hydrogens (tertiary/aromatic N) is 1. The average Bonchev–Trinajstić information content (AvgIpc) is 2.34. The summed E-state index contributed by atoms with van der Waals surface area (Å²) in [6.07, 6.45) is 4.97. The third-order valence-corrected chi connectivity index (χ3v) is 4.24. The van der Waals surface area contributed by atoms with Crippen molar-refractivity contribution in [2.24, 2.45) is 11.8 Å². The first kappa shape index (κ1) is 13.1. The van der Waals surface area contributed by atoms with Gasteiger partial charge in [-0.15, -0.1) is 0 Å². The van der Waals surface area contributed by atoms with E-state index in [1.807, 2.05) is 0 Å². The zero-order valence-electron chi connectivity index (χ0n) is 11.1. The van der Waals surface area contributed by atoms with E-state index >= 15 is 0 Å². The minimum atomic E-state index is 0.0203. The number of hydrogen-bond acceptors (Lipinski definition) is 3. The molecule has 17 heavy (non-hydrogen) atoms. The Morgan fingerprint density at radius 3 is 3.06 bits per heavy atom. The van der Waals surface area contributed by atoms with Crippen LogP contribution in [-0.4, -0.2) is 49.0 Å². The summed E-state index contributed by atoms with van der Waals surface area (Å²) < 4.78 is 5.49. The molecule has 1 fully saturated rings. The van der Waals surface area contributed by atoms with Gasteiger partial charge in [-0.3, -0.25) is 4.90 Å². The van der Waals surface area contributed by atoms with Crippen molar-refractivity contribution in [1.29, 1.82) is 0 Å². The Labute approximate surface area is 104 Å². The van der Waals surface area contributed by atoms with Crippen LogP contribution in [0, 0.1) is 11.8 Å². The summed E-state index contributed by atoms with van der Waals surface area (Å²) in [5.41, 5.74) is 1.55. The maximum atomic E-state index is 9.16. The fourth-order valence-corrected chi connectivity index (χ4v) is 3.03. The first-order valence-electron chi connectivity index (χ1n) is 6.82. The van der Waals surface area contributed by atoms with Crippen molar-refractivity contribution in [3.63, 3.8) is 0 Å². The third kappa shape index (κ3) is 3.30. The minimum absolute atomic E-state index is 0.0203. The highest BCUT2D eigenvalue weighted by atomic mass is 16.5. The summed E-state index contributed by atoms with van der Waals surface area (Å²) in [7, 11) is 0. The van der Waals surface area contributed by atoms with Crippen molar-refractivity contribution in [3.05, 3.63) is 11.6 Å². The fourth-order valence-electron chi connectivity index (χ4n) is 3.03. The molecule has 0 bridgehead atoms. The zero-order chi connectivity index (χ0) is 12.3. The van der Waals surface area contributed by atoms with Gasteiger partial charge in [-0.1, -0.05) is 18.6 Å². The molecular weight excluding hydrogens is 214 g/mol. The number of rotatable bonds is 3. The average molecular weight is 239 g/mol. The topological polar surface area (TPSA) is 32.7 Å². The lowest BCUT2D eigenvalue weighted by Crippen LogP contribution is -2.46. The molecule has 0 aromatic rings. The van der Waals surface area contributed by atoms with Crippen molar-refractivity contribution < 1.29 is 9.84 Å². The van der Waals surface area contributed by atoms with Crippen LogP contribution in [0.5, 0.6) is 0 Å². The summed E-state index contributed by atoms with van der Waals surface area (Å²) >= 11 is 0. The highest BCUT2D eigenvalue weighted by Crippen LogP contribution is 2.31. The van der Waals surface area contributed by atoms with Crippen LogP contribution in [0.3, 0.4) is 0 Å². The first-order valence-corrected chi connectivity index (χ1v) is 6.82. The van der Waals surface area contributed by atoms with Crippen LogP contribution in [0.4, 0.5) is 0 Å². The Bertz CT molecular complexity index is 277. The molecule has 1 aliphatic carbocycles. The van der Waals surface area contributed by atoms with E-state index in [1.165, 1.54) is 12.8 Å². The van der Waals surface area contributed by atoms with E-state index in [-0.39, 0.29) is 12.7 Å². The van der Waals surface area contributed by atoms with Gasteiger partial charge in [-0.25, -0.2) is 0 Å². The standard InChI is InChI=1S/C14H25NO2/c1-11-4-3-5-12(2)14(11)9-15-6-7-17-13(8-15)10-16/h4,12-14,16H,3,5-10H2,1-2H3/t12-,13-,14-/m0/s1. The van der Waals surface area contributed by atoms with Crippen LogP contribution < -0.4 is 0 Å². The maximum Gasteiger partial charge on any atom is 0.0932 e. The smallest absolute Gasteiger partial charge is 0.0932 e. The molecule has 0 saturated carbocycles. The first-order chi connectivity index (χ1) is 8.20. The number of hydrogen-bond donors (Lipinski definition) is 1. The summed E-state index contributed by atoms with van der Waals surface area (Å²) in [5, 5.41) is 9.16. The molecule has 3 heteroatoms. The SMILES string of the molecule is CC1=CCC[C@H](C)[C@H]1CN1CCO[C@H](CO)C1. The highest BCUT2D eigenvalue weighted by Gasteiger charge is 2.27. The molecule has 98 valence electrons. The van der Waals surface area contributed by atoms with Crippen LogP contribution in [0.15, 0.2) is 11.6 Å². The van der Waals surface area contributed by atoms with Gasteiger partial charge in [-0.2, -0.15) is 0 Å². The second-order valence-corrected chi connectivity index (χ2v) is 5.54. The van der Waals surface area contributed by atoms with Crippen molar-refractivity contribution in [3.8, 4) is 0 Å². The van der Waals surface area contributed by atoms with E-state index in [4.69, 9.17) is 9.84 Å². The molecule has 1 aliphatic heterocycles. The second kappa shape index (κ2) is 5.98. The van der Waals surface area contributed by atoms with Gasteiger partial charge in [0.15, 0.2) is 0 Å². The molecule has 0 unspecified atom stereocenters. The summed E-state index contributed by atoms with van der Waals surface area (Å²) in [4.78, 5) is 2.45. The van der Waals surface area contributed by atoms with E-state index in [1.54, 1.807) is 5.57 Å². The second-order valence-electron chi connectivity index (χ2n) is 5.54. The van der Waals surface area contributed by atoms with E-state index in [0.717, 1.165) is 32.2 Å². The summed E-state index contributed by atoms with van der Waals surface area (Å²) in [6, 6.07) is 0. The van der Waals surface area contributed by atoms with Gasteiger partial charge >= 0.3 is 0 Å². The predicted octanol–water partition coefficient (Wildman–Crippen LogP) is 1.67. The molecule has 1 N–H and O–H groups in total. The lowest BCUT2D eigenvalue weighted by atomic mass is 9.79. The Morgan fingerprint density at radius 1 is 1.53 bits per heavy atom. The predicted molar refractivity (Wildman–Crippen MR) is 68.9 cm³/mol. The number of aliphatic hydroxyl groups is 1. The monoisotopic (exact) mass is 239 g/mol. The maximum absolute atomic E-state index is 9.16. The largest absolute Gasteiger partial charge is 0.394 e. The quantitative estimate of drug-likeness (QED) is 0.761. The summed E-state index contributed by atoms with van der Waals surface area (Å²) in [5.74, 6) is 1.48. The van der Waals surface area contributed by atoms with Gasteiger partial charge in [0.25, 0.3) is 0 Å². The van der Waals surface area contributed by atoms with Crippen molar-refractivity contribution in [2.45, 2.75) is 32.8 Å². The number of ether oxygens (including phenoxy) is 1. The molecule has 2 aliphatic rings. The molecule has 2 rings (SSSR count). The number of allylic oxidation sites excluding steroid dienone is 1. The zero-order valence-corrected chi connectivity index (χ0v) is 11.1. The number of morpholine rings is 1. The minimum Gasteiger partial charge on any atom is -0.394 e. The Morgan fingerprint density at radius 2 is 2.35 bits per heavy atom. The lowest BCUT2D eigenvalue weighted by molar-refractivity contribution is -0.0567. The van der Waals surface area contributed by atoms with Crippen LogP contribution in [0.2, 0.25) is 0 Å². The molecule has 0 amide bonds. The number of aliphatic hydroxyl groups excluding tert-OH is 1. The van der Waals surface area contributed by atoms with Gasteiger partial charge in [0.1, 0.15) is 0 Å². The van der Waals surface area contributed by atoms with Gasteiger partial charge in [0, 0.05) is 19.6 Å². The molecule has 3 nitrogen and oxygen atoms in total. The Kier molecular flexibility index (Phi) is 4.60. The van der Waals surface area contributed by atoms with Crippen molar-refractivity contribution in [1.82, 2.24) is 4.90 Å². The molecule has 0 aromatic heterocycles.